The molecule has 18 heavy (non-hydrogen) atoms. The van der Waals surface area contributed by atoms with Crippen LogP contribution in [0.2, 0.25) is 0 Å². The summed E-state index contributed by atoms with van der Waals surface area (Å²) in [5, 5.41) is 8.58. The van der Waals surface area contributed by atoms with E-state index in [0.717, 1.165) is 6.07 Å². The average molecular weight is 270 g/mol. The molecule has 0 fully saturated rings. The molecule has 0 saturated heterocycles. The largest absolute Gasteiger partial charge is 0.281 e. The van der Waals surface area contributed by atoms with Gasteiger partial charge >= 0.3 is 0 Å². The highest BCUT2D eigenvalue weighted by molar-refractivity contribution is 7.92. The third-order valence-electron chi connectivity index (χ3n) is 1.99. The lowest BCUT2D eigenvalue weighted by atomic mass is 10.0. The van der Waals surface area contributed by atoms with Crippen molar-refractivity contribution >= 4 is 15.7 Å². The van der Waals surface area contributed by atoms with Crippen LogP contribution in [0, 0.1) is 22.6 Å². The molecule has 1 aromatic rings. The Bertz CT molecular complexity index is 583. The molecule has 0 unspecified atom stereocenters. The summed E-state index contributed by atoms with van der Waals surface area (Å²) in [6.45, 7) is 5.34. The zero-order chi connectivity index (χ0) is 14.0. The van der Waals surface area contributed by atoms with E-state index in [1.807, 2.05) is 0 Å². The molecule has 0 radical (unpaired) electrons. The van der Waals surface area contributed by atoms with Crippen molar-refractivity contribution in [2.45, 2.75) is 20.8 Å². The molecule has 0 aliphatic carbocycles. The topological polar surface area (TPSA) is 70.0 Å². The summed E-state index contributed by atoms with van der Waals surface area (Å²) in [6, 6.07) is 5.38. The van der Waals surface area contributed by atoms with E-state index in [9.17, 15) is 12.8 Å². The normalized spacial score (nSPS) is 11.9. The van der Waals surface area contributed by atoms with E-state index in [2.05, 4.69) is 4.72 Å². The number of nitrogens with one attached hydrogen (secondary N) is 1. The molecule has 0 saturated carbocycles. The van der Waals surface area contributed by atoms with Crippen molar-refractivity contribution in [2.24, 2.45) is 5.41 Å². The van der Waals surface area contributed by atoms with Gasteiger partial charge in [-0.2, -0.15) is 5.26 Å². The van der Waals surface area contributed by atoms with E-state index >= 15 is 0 Å². The van der Waals surface area contributed by atoms with Gasteiger partial charge in [-0.15, -0.1) is 0 Å². The average Bonchev–Trinajstić information content (AvgIpc) is 2.17. The maximum absolute atomic E-state index is 13.5. The fourth-order valence-corrected chi connectivity index (χ4v) is 3.15. The first-order chi connectivity index (χ1) is 8.13. The van der Waals surface area contributed by atoms with Crippen LogP contribution in [0.1, 0.15) is 26.3 Å². The predicted molar refractivity (Wildman–Crippen MR) is 68.0 cm³/mol. The predicted octanol–water partition coefficient (Wildman–Crippen LogP) is 2.49. The van der Waals surface area contributed by atoms with Crippen LogP contribution in [0.15, 0.2) is 18.2 Å². The lowest BCUT2D eigenvalue weighted by molar-refractivity contribution is 0.463. The molecule has 4 nitrogen and oxygen atoms in total. The van der Waals surface area contributed by atoms with Gasteiger partial charge < -0.3 is 0 Å². The lowest BCUT2D eigenvalue weighted by Crippen LogP contribution is -2.26. The highest BCUT2D eigenvalue weighted by Crippen LogP contribution is 2.21. The van der Waals surface area contributed by atoms with Crippen LogP contribution in [0.3, 0.4) is 0 Å². The Morgan fingerprint density at radius 2 is 2.00 bits per heavy atom. The fourth-order valence-electron chi connectivity index (χ4n) is 1.44. The van der Waals surface area contributed by atoms with Crippen LogP contribution in [0.25, 0.3) is 0 Å². The van der Waals surface area contributed by atoms with Crippen LogP contribution in [-0.4, -0.2) is 14.2 Å². The van der Waals surface area contributed by atoms with Crippen molar-refractivity contribution in [1.29, 1.82) is 5.26 Å². The summed E-state index contributed by atoms with van der Waals surface area (Å²) in [5.41, 5.74) is -0.418. The standard InChI is InChI=1S/C12H15FN2O2S/c1-12(2,3)8-18(16,17)15-11-5-4-9(7-14)6-10(11)13/h4-6,15H,8H2,1-3H3. The fraction of sp³-hybridized carbons (Fsp3) is 0.417. The molecule has 0 aliphatic heterocycles. The van der Waals surface area contributed by atoms with Crippen molar-refractivity contribution in [1.82, 2.24) is 0 Å². The van der Waals surface area contributed by atoms with E-state index in [1.165, 1.54) is 12.1 Å². The van der Waals surface area contributed by atoms with E-state index in [4.69, 9.17) is 5.26 Å². The summed E-state index contributed by atoms with van der Waals surface area (Å²) in [6.07, 6.45) is 0. The second-order valence-electron chi connectivity index (χ2n) is 5.23. The molecule has 0 heterocycles. The van der Waals surface area contributed by atoms with Gasteiger partial charge in [0.1, 0.15) is 5.82 Å². The molecule has 0 bridgehead atoms. The second-order valence-corrected chi connectivity index (χ2v) is 6.95. The molecule has 1 aromatic carbocycles. The van der Waals surface area contributed by atoms with Gasteiger partial charge in [0.15, 0.2) is 0 Å². The van der Waals surface area contributed by atoms with Gasteiger partial charge in [0.2, 0.25) is 10.0 Å². The van der Waals surface area contributed by atoms with E-state index in [0.29, 0.717) is 0 Å². The first-order valence-corrected chi connectivity index (χ1v) is 6.98. The minimum atomic E-state index is -3.61. The van der Waals surface area contributed by atoms with Gasteiger partial charge in [0.25, 0.3) is 0 Å². The van der Waals surface area contributed by atoms with E-state index in [-0.39, 0.29) is 17.0 Å². The number of hydrogen-bond acceptors (Lipinski definition) is 3. The molecule has 98 valence electrons. The van der Waals surface area contributed by atoms with E-state index in [1.54, 1.807) is 26.8 Å². The van der Waals surface area contributed by atoms with E-state index < -0.39 is 21.3 Å². The van der Waals surface area contributed by atoms with Gasteiger partial charge in [-0.25, -0.2) is 12.8 Å². The first-order valence-electron chi connectivity index (χ1n) is 5.33. The Kier molecular flexibility index (Phi) is 3.97. The van der Waals surface area contributed by atoms with Crippen LogP contribution in [-0.2, 0) is 10.0 Å². The zero-order valence-corrected chi connectivity index (χ0v) is 11.3. The Labute approximate surface area is 106 Å². The Balaban J connectivity index is 2.96. The number of sulfonamides is 1. The second kappa shape index (κ2) is 4.94. The van der Waals surface area contributed by atoms with Gasteiger partial charge in [-0.3, -0.25) is 4.72 Å². The molecule has 0 amide bonds. The molecule has 0 aromatic heterocycles. The zero-order valence-electron chi connectivity index (χ0n) is 10.5. The molecule has 6 heteroatoms. The van der Waals surface area contributed by atoms with Crippen molar-refractivity contribution < 1.29 is 12.8 Å². The van der Waals surface area contributed by atoms with Crippen molar-refractivity contribution in [2.75, 3.05) is 10.5 Å². The summed E-state index contributed by atoms with van der Waals surface area (Å²) >= 11 is 0. The maximum Gasteiger partial charge on any atom is 0.233 e. The van der Waals surface area contributed by atoms with Crippen LogP contribution in [0.5, 0.6) is 0 Å². The molecule has 0 atom stereocenters. The summed E-state index contributed by atoms with van der Waals surface area (Å²) in [7, 11) is -3.61. The number of hydrogen-bond donors (Lipinski definition) is 1. The van der Waals surface area contributed by atoms with Crippen molar-refractivity contribution in [3.63, 3.8) is 0 Å². The Morgan fingerprint density at radius 3 is 2.44 bits per heavy atom. The van der Waals surface area contributed by atoms with Gasteiger partial charge in [-0.05, 0) is 23.6 Å². The third kappa shape index (κ3) is 4.34. The quantitative estimate of drug-likeness (QED) is 0.917. The number of rotatable bonds is 3. The SMILES string of the molecule is CC(C)(C)CS(=O)(=O)Nc1ccc(C#N)cc1F. The molecule has 1 N–H and O–H groups in total. The highest BCUT2D eigenvalue weighted by Gasteiger charge is 2.22. The number of benzene rings is 1. The Morgan fingerprint density at radius 1 is 1.39 bits per heavy atom. The number of anilines is 1. The van der Waals surface area contributed by atoms with Crippen molar-refractivity contribution in [3.05, 3.63) is 29.6 Å². The number of nitriles is 1. The van der Waals surface area contributed by atoms with Crippen LogP contribution >= 0.6 is 0 Å². The Hall–Kier alpha value is -1.61. The number of nitrogens with zero attached hydrogens (tertiary/aromatic N) is 1. The van der Waals surface area contributed by atoms with Gasteiger partial charge in [0, 0.05) is 0 Å². The third-order valence-corrected chi connectivity index (χ3v) is 3.76. The molecule has 0 aliphatic rings. The highest BCUT2D eigenvalue weighted by atomic mass is 32.2. The van der Waals surface area contributed by atoms with Gasteiger partial charge in [-0.1, -0.05) is 20.8 Å². The molecular formula is C12H15FN2O2S. The smallest absolute Gasteiger partial charge is 0.233 e. The number of halogens is 1. The summed E-state index contributed by atoms with van der Waals surface area (Å²) < 4.78 is 39.3. The maximum atomic E-state index is 13.5. The van der Waals surface area contributed by atoms with Crippen LogP contribution in [0.4, 0.5) is 10.1 Å². The molecular weight excluding hydrogens is 255 g/mol. The minimum absolute atomic E-state index is 0.112. The lowest BCUT2D eigenvalue weighted by Gasteiger charge is -2.18. The minimum Gasteiger partial charge on any atom is -0.281 e. The van der Waals surface area contributed by atoms with Gasteiger partial charge in [0.05, 0.1) is 23.1 Å². The van der Waals surface area contributed by atoms with Crippen molar-refractivity contribution in [3.8, 4) is 6.07 Å². The van der Waals surface area contributed by atoms with Crippen LogP contribution < -0.4 is 4.72 Å². The first kappa shape index (κ1) is 14.5. The molecule has 0 spiro atoms. The monoisotopic (exact) mass is 270 g/mol. The summed E-state index contributed by atoms with van der Waals surface area (Å²) in [5.74, 6) is -0.870. The molecule has 1 rings (SSSR count). The summed E-state index contributed by atoms with van der Waals surface area (Å²) in [4.78, 5) is 0.